The van der Waals surface area contributed by atoms with E-state index in [0.29, 0.717) is 30.9 Å². The largest absolute Gasteiger partial charge is 0.442 e. The average Bonchev–Trinajstić information content (AvgIpc) is 3.29. The van der Waals surface area contributed by atoms with E-state index < -0.39 is 12.2 Å². The van der Waals surface area contributed by atoms with Crippen molar-refractivity contribution < 1.29 is 18.7 Å². The molecule has 4 rings (SSSR count). The summed E-state index contributed by atoms with van der Waals surface area (Å²) in [7, 11) is 0. The van der Waals surface area contributed by atoms with Crippen molar-refractivity contribution in [2.75, 3.05) is 22.9 Å². The van der Waals surface area contributed by atoms with E-state index in [4.69, 9.17) is 4.74 Å². The van der Waals surface area contributed by atoms with Gasteiger partial charge in [0.15, 0.2) is 0 Å². The van der Waals surface area contributed by atoms with Crippen molar-refractivity contribution >= 4 is 23.4 Å². The molecule has 7 heteroatoms. The Labute approximate surface area is 162 Å². The van der Waals surface area contributed by atoms with E-state index in [0.717, 1.165) is 0 Å². The molecule has 6 nitrogen and oxygen atoms in total. The highest BCUT2D eigenvalue weighted by atomic mass is 19.1. The quantitative estimate of drug-likeness (QED) is 0.861. The highest BCUT2D eigenvalue weighted by Gasteiger charge is 2.33. The smallest absolute Gasteiger partial charge is 0.414 e. The number of fused-ring (bicyclic) bond motifs is 1. The van der Waals surface area contributed by atoms with Crippen LogP contribution in [0.15, 0.2) is 42.5 Å². The summed E-state index contributed by atoms with van der Waals surface area (Å²) in [6.07, 6.45) is -0.604. The summed E-state index contributed by atoms with van der Waals surface area (Å²) < 4.78 is 20.1. The molecule has 2 heterocycles. The van der Waals surface area contributed by atoms with Gasteiger partial charge < -0.3 is 15.0 Å². The van der Waals surface area contributed by atoms with Crippen molar-refractivity contribution in [3.63, 3.8) is 0 Å². The number of nitrogens with one attached hydrogen (secondary N) is 1. The molecule has 0 aromatic heterocycles. The zero-order chi connectivity index (χ0) is 19.7. The summed E-state index contributed by atoms with van der Waals surface area (Å²) in [4.78, 5) is 26.9. The zero-order valence-corrected chi connectivity index (χ0v) is 15.7. The predicted octanol–water partition coefficient (Wildman–Crippen LogP) is 3.20. The maximum Gasteiger partial charge on any atom is 0.414 e. The molecule has 0 spiro atoms. The molecule has 0 bridgehead atoms. The number of anilines is 2. The average molecular weight is 383 g/mol. The molecule has 1 saturated heterocycles. The first-order valence-corrected chi connectivity index (χ1v) is 9.41. The molecule has 28 heavy (non-hydrogen) atoms. The lowest BCUT2D eigenvalue weighted by molar-refractivity contribution is -0.121. The van der Waals surface area contributed by atoms with E-state index in [1.54, 1.807) is 19.1 Å². The second kappa shape index (κ2) is 7.50. The Hall–Kier alpha value is -3.09. The molecule has 0 saturated carbocycles. The van der Waals surface area contributed by atoms with Gasteiger partial charge in [0.1, 0.15) is 11.9 Å². The van der Waals surface area contributed by atoms with E-state index in [1.165, 1.54) is 22.1 Å². The fourth-order valence-electron chi connectivity index (χ4n) is 3.61. The Morgan fingerprint density at radius 2 is 1.93 bits per heavy atom. The van der Waals surface area contributed by atoms with Gasteiger partial charge in [0, 0.05) is 19.5 Å². The van der Waals surface area contributed by atoms with Gasteiger partial charge in [-0.15, -0.1) is 0 Å². The van der Waals surface area contributed by atoms with Gasteiger partial charge in [-0.1, -0.05) is 31.2 Å². The van der Waals surface area contributed by atoms with Crippen molar-refractivity contribution in [2.24, 2.45) is 0 Å². The molecule has 146 valence electrons. The van der Waals surface area contributed by atoms with Crippen LogP contribution in [0.2, 0.25) is 0 Å². The maximum atomic E-state index is 14.8. The van der Waals surface area contributed by atoms with E-state index in [9.17, 15) is 14.0 Å². The van der Waals surface area contributed by atoms with Crippen LogP contribution in [0.1, 0.15) is 24.5 Å². The van der Waals surface area contributed by atoms with Crippen molar-refractivity contribution in [2.45, 2.75) is 32.5 Å². The van der Waals surface area contributed by atoms with Gasteiger partial charge in [-0.3, -0.25) is 9.69 Å². The third-order valence-electron chi connectivity index (χ3n) is 5.15. The number of carbonyl (C=O) groups is 2. The van der Waals surface area contributed by atoms with Crippen LogP contribution in [-0.4, -0.2) is 31.2 Å². The van der Waals surface area contributed by atoms with Crippen LogP contribution in [0.25, 0.3) is 0 Å². The fourth-order valence-corrected chi connectivity index (χ4v) is 3.61. The van der Waals surface area contributed by atoms with E-state index >= 15 is 0 Å². The van der Waals surface area contributed by atoms with Gasteiger partial charge in [0.05, 0.1) is 24.5 Å². The van der Waals surface area contributed by atoms with Gasteiger partial charge in [-0.2, -0.15) is 0 Å². The molecule has 2 aliphatic heterocycles. The highest BCUT2D eigenvalue weighted by molar-refractivity contribution is 5.90. The van der Waals surface area contributed by atoms with Crippen LogP contribution in [0.4, 0.5) is 20.6 Å². The second-order valence-electron chi connectivity index (χ2n) is 7.03. The number of hydrogen-bond donors (Lipinski definition) is 1. The van der Waals surface area contributed by atoms with Crippen molar-refractivity contribution in [3.8, 4) is 0 Å². The number of cyclic esters (lactones) is 1. The minimum Gasteiger partial charge on any atom is -0.442 e. The Bertz CT molecular complexity index is 893. The number of amides is 2. The standard InChI is InChI=1S/C21H22FN3O3/c1-2-20(26)23-10-17-13-25(21(27)28-17)16-7-8-19(18(22)9-16)24-11-14-5-3-4-6-15(14)12-24/h3-9,17H,2,10-13H2,1H3,(H,23,26)/t17-/m0/s1. The van der Waals surface area contributed by atoms with Gasteiger partial charge in [-0.05, 0) is 29.3 Å². The van der Waals surface area contributed by atoms with Gasteiger partial charge in [0.2, 0.25) is 5.91 Å². The van der Waals surface area contributed by atoms with Crippen LogP contribution in [0.3, 0.4) is 0 Å². The van der Waals surface area contributed by atoms with Crippen molar-refractivity contribution in [1.82, 2.24) is 5.32 Å². The summed E-state index contributed by atoms with van der Waals surface area (Å²) in [6, 6.07) is 12.9. The van der Waals surface area contributed by atoms with Gasteiger partial charge in [0.25, 0.3) is 0 Å². The highest BCUT2D eigenvalue weighted by Crippen LogP contribution is 2.32. The SMILES string of the molecule is CCC(=O)NC[C@H]1CN(c2ccc(N3Cc4ccccc4C3)c(F)c2)C(=O)O1. The number of rotatable bonds is 5. The van der Waals surface area contributed by atoms with Crippen LogP contribution in [-0.2, 0) is 22.6 Å². The molecular weight excluding hydrogens is 361 g/mol. The Kier molecular flexibility index (Phi) is 4.90. The van der Waals surface area contributed by atoms with Crippen molar-refractivity contribution in [1.29, 1.82) is 0 Å². The summed E-state index contributed by atoms with van der Waals surface area (Å²) >= 11 is 0. The van der Waals surface area contributed by atoms with Crippen molar-refractivity contribution in [3.05, 3.63) is 59.4 Å². The topological polar surface area (TPSA) is 61.9 Å². The molecule has 2 aromatic carbocycles. The molecule has 1 fully saturated rings. The Morgan fingerprint density at radius 3 is 2.57 bits per heavy atom. The zero-order valence-electron chi connectivity index (χ0n) is 15.7. The first kappa shape index (κ1) is 18.3. The van der Waals surface area contributed by atoms with E-state index in [2.05, 4.69) is 17.4 Å². The second-order valence-corrected chi connectivity index (χ2v) is 7.03. The number of ether oxygens (including phenoxy) is 1. The first-order valence-electron chi connectivity index (χ1n) is 9.41. The summed E-state index contributed by atoms with van der Waals surface area (Å²) in [6.45, 7) is 3.61. The minimum atomic E-state index is -0.531. The van der Waals surface area contributed by atoms with Gasteiger partial charge in [-0.25, -0.2) is 9.18 Å². The molecule has 0 radical (unpaired) electrons. The molecule has 2 aromatic rings. The number of carbonyl (C=O) groups excluding carboxylic acids is 2. The lowest BCUT2D eigenvalue weighted by Crippen LogP contribution is -2.34. The lowest BCUT2D eigenvalue weighted by Gasteiger charge is -2.20. The Balaban J connectivity index is 1.45. The normalized spacial score (nSPS) is 18.2. The molecule has 1 atom stereocenters. The monoisotopic (exact) mass is 383 g/mol. The summed E-state index contributed by atoms with van der Waals surface area (Å²) in [5, 5.41) is 2.71. The molecule has 0 unspecified atom stereocenters. The third-order valence-corrected chi connectivity index (χ3v) is 5.15. The van der Waals surface area contributed by atoms with Crippen LogP contribution >= 0.6 is 0 Å². The molecule has 2 aliphatic rings. The van der Waals surface area contributed by atoms with Crippen LogP contribution < -0.4 is 15.1 Å². The number of nitrogens with zero attached hydrogens (tertiary/aromatic N) is 2. The predicted molar refractivity (Wildman–Crippen MR) is 104 cm³/mol. The molecule has 0 aliphatic carbocycles. The number of halogens is 1. The van der Waals surface area contributed by atoms with Crippen LogP contribution in [0, 0.1) is 5.82 Å². The van der Waals surface area contributed by atoms with Crippen LogP contribution in [0.5, 0.6) is 0 Å². The minimum absolute atomic E-state index is 0.100. The molecule has 1 N–H and O–H groups in total. The van der Waals surface area contributed by atoms with Gasteiger partial charge >= 0.3 is 6.09 Å². The number of benzene rings is 2. The fraction of sp³-hybridized carbons (Fsp3) is 0.333. The summed E-state index contributed by atoms with van der Waals surface area (Å²) in [5.41, 5.74) is 3.36. The summed E-state index contributed by atoms with van der Waals surface area (Å²) in [5.74, 6) is -0.475. The third kappa shape index (κ3) is 3.52. The lowest BCUT2D eigenvalue weighted by atomic mass is 10.1. The first-order chi connectivity index (χ1) is 13.5. The van der Waals surface area contributed by atoms with E-state index in [-0.39, 0.29) is 24.8 Å². The number of hydrogen-bond acceptors (Lipinski definition) is 4. The Morgan fingerprint density at radius 1 is 1.21 bits per heavy atom. The maximum absolute atomic E-state index is 14.8. The molecular formula is C21H22FN3O3. The van der Waals surface area contributed by atoms with E-state index in [1.807, 2.05) is 17.0 Å². The molecule has 2 amide bonds.